The van der Waals surface area contributed by atoms with Gasteiger partial charge in [-0.3, -0.25) is 4.79 Å². The van der Waals surface area contributed by atoms with Gasteiger partial charge < -0.3 is 21.3 Å². The summed E-state index contributed by atoms with van der Waals surface area (Å²) in [5, 5.41) is 12.3. The molecule has 1 aromatic heterocycles. The topological polar surface area (TPSA) is 95.2 Å². The summed E-state index contributed by atoms with van der Waals surface area (Å²) in [6, 6.07) is 7.19. The number of aromatic nitrogens is 1. The van der Waals surface area contributed by atoms with E-state index in [1.54, 1.807) is 11.3 Å². The van der Waals surface area contributed by atoms with Gasteiger partial charge >= 0.3 is 6.03 Å². The molecule has 2 aromatic rings. The zero-order valence-corrected chi connectivity index (χ0v) is 14.1. The first kappa shape index (κ1) is 16.5. The van der Waals surface area contributed by atoms with Crippen LogP contribution < -0.4 is 21.3 Å². The Morgan fingerprint density at radius 3 is 3.04 bits per heavy atom. The Morgan fingerprint density at radius 1 is 1.29 bits per heavy atom. The minimum absolute atomic E-state index is 0.102. The quantitative estimate of drug-likeness (QED) is 0.619. The van der Waals surface area contributed by atoms with E-state index in [0.29, 0.717) is 26.1 Å². The lowest BCUT2D eigenvalue weighted by atomic mass is 10.1. The lowest BCUT2D eigenvalue weighted by molar-refractivity contribution is -0.122. The highest BCUT2D eigenvalue weighted by atomic mass is 32.1. The molecule has 0 radical (unpaired) electrons. The van der Waals surface area contributed by atoms with Crippen molar-refractivity contribution in [1.29, 1.82) is 0 Å². The molecule has 3 rings (SSSR count). The minimum atomic E-state index is -0.440. The number of hydrogen-bond acceptors (Lipinski definition) is 5. The average molecular weight is 347 g/mol. The van der Waals surface area contributed by atoms with Gasteiger partial charge in [-0.15, -0.1) is 0 Å². The lowest BCUT2D eigenvalue weighted by Gasteiger charge is -2.15. The number of anilines is 1. The summed E-state index contributed by atoms with van der Waals surface area (Å²) >= 11 is 1.58. The maximum atomic E-state index is 11.9. The van der Waals surface area contributed by atoms with Crippen molar-refractivity contribution in [1.82, 2.24) is 20.9 Å². The Hall–Kier alpha value is -2.35. The molecule has 0 spiro atoms. The molecule has 2 heterocycles. The Balaban J connectivity index is 1.39. The summed E-state index contributed by atoms with van der Waals surface area (Å²) in [5.74, 6) is -0.102. The molecule has 24 heavy (non-hydrogen) atoms. The first-order valence-corrected chi connectivity index (χ1v) is 8.95. The molecule has 0 saturated carbocycles. The third-order valence-corrected chi connectivity index (χ3v) is 4.82. The van der Waals surface area contributed by atoms with E-state index < -0.39 is 6.04 Å². The van der Waals surface area contributed by atoms with Gasteiger partial charge in [0.05, 0.1) is 10.2 Å². The number of rotatable bonds is 5. The van der Waals surface area contributed by atoms with Crippen LogP contribution in [0.1, 0.15) is 19.3 Å². The van der Waals surface area contributed by atoms with E-state index in [9.17, 15) is 9.59 Å². The normalized spacial score (nSPS) is 17.8. The van der Waals surface area contributed by atoms with Crippen molar-refractivity contribution in [3.63, 3.8) is 0 Å². The summed E-state index contributed by atoms with van der Waals surface area (Å²) in [7, 11) is 0. The summed E-state index contributed by atoms with van der Waals surface area (Å²) in [6.07, 6.45) is 2.57. The van der Waals surface area contributed by atoms with Gasteiger partial charge in [-0.05, 0) is 31.4 Å². The van der Waals surface area contributed by atoms with Crippen molar-refractivity contribution in [2.24, 2.45) is 0 Å². The van der Waals surface area contributed by atoms with E-state index in [0.717, 1.165) is 28.2 Å². The second-order valence-corrected chi connectivity index (χ2v) is 6.68. The van der Waals surface area contributed by atoms with Crippen LogP contribution >= 0.6 is 11.3 Å². The molecule has 0 bridgehead atoms. The summed E-state index contributed by atoms with van der Waals surface area (Å²) in [5.41, 5.74) is 0.968. The SMILES string of the molecule is O=C(NCCNc1nc2ccccc2s1)N[C@@H]1CCCCNC1=O. The van der Waals surface area contributed by atoms with E-state index in [-0.39, 0.29) is 11.9 Å². The van der Waals surface area contributed by atoms with Gasteiger partial charge in [0, 0.05) is 19.6 Å². The molecule has 3 amide bonds. The lowest BCUT2D eigenvalue weighted by Crippen LogP contribution is -2.49. The fraction of sp³-hybridized carbons (Fsp3) is 0.438. The Labute approximate surface area is 144 Å². The highest BCUT2D eigenvalue weighted by Crippen LogP contribution is 2.24. The Kier molecular flexibility index (Phi) is 5.47. The minimum Gasteiger partial charge on any atom is -0.360 e. The van der Waals surface area contributed by atoms with Crippen LogP contribution in [0.15, 0.2) is 24.3 Å². The summed E-state index contributed by atoms with van der Waals surface area (Å²) < 4.78 is 1.13. The zero-order valence-electron chi connectivity index (χ0n) is 13.3. The standard InChI is InChI=1S/C16H21N5O2S/c22-14-12(6-3-4-8-17-14)20-15(23)18-9-10-19-16-21-11-5-1-2-7-13(11)24-16/h1-2,5,7,12H,3-4,6,8-10H2,(H,17,22)(H,19,21)(H2,18,20,23)/t12-/m1/s1. The molecule has 4 N–H and O–H groups in total. The van der Waals surface area contributed by atoms with Crippen LogP contribution in [-0.4, -0.2) is 42.6 Å². The van der Waals surface area contributed by atoms with E-state index in [4.69, 9.17) is 0 Å². The number of urea groups is 1. The third-order valence-electron chi connectivity index (χ3n) is 3.82. The number of carbonyl (C=O) groups is 2. The van der Waals surface area contributed by atoms with E-state index in [1.165, 1.54) is 0 Å². The van der Waals surface area contributed by atoms with Gasteiger partial charge in [-0.1, -0.05) is 23.5 Å². The molecular weight excluding hydrogens is 326 g/mol. The highest BCUT2D eigenvalue weighted by Gasteiger charge is 2.21. The predicted molar refractivity (Wildman–Crippen MR) is 95.3 cm³/mol. The largest absolute Gasteiger partial charge is 0.360 e. The molecule has 1 aliphatic rings. The molecule has 1 saturated heterocycles. The van der Waals surface area contributed by atoms with Crippen LogP contribution in [0.2, 0.25) is 0 Å². The van der Waals surface area contributed by atoms with E-state index >= 15 is 0 Å². The number of nitrogens with zero attached hydrogens (tertiary/aromatic N) is 1. The average Bonchev–Trinajstić information content (AvgIpc) is 2.89. The van der Waals surface area contributed by atoms with E-state index in [2.05, 4.69) is 26.3 Å². The number of thiazole rings is 1. The molecule has 7 nitrogen and oxygen atoms in total. The maximum absolute atomic E-state index is 11.9. The molecule has 128 valence electrons. The number of nitrogens with one attached hydrogen (secondary N) is 4. The second kappa shape index (κ2) is 7.96. The second-order valence-electron chi connectivity index (χ2n) is 5.65. The Bertz CT molecular complexity index is 684. The number of para-hydroxylation sites is 1. The number of carbonyl (C=O) groups excluding carboxylic acids is 2. The monoisotopic (exact) mass is 347 g/mol. The van der Waals surface area contributed by atoms with Gasteiger partial charge in [0.2, 0.25) is 5.91 Å². The molecule has 0 aliphatic carbocycles. The predicted octanol–water partition coefficient (Wildman–Crippen LogP) is 1.68. The van der Waals surface area contributed by atoms with Crippen LogP contribution in [0.25, 0.3) is 10.2 Å². The van der Waals surface area contributed by atoms with Crippen LogP contribution in [0.5, 0.6) is 0 Å². The molecule has 1 aliphatic heterocycles. The number of benzene rings is 1. The van der Waals surface area contributed by atoms with Gasteiger partial charge in [0.1, 0.15) is 6.04 Å². The smallest absolute Gasteiger partial charge is 0.315 e. The van der Waals surface area contributed by atoms with Crippen molar-refractivity contribution in [3.8, 4) is 0 Å². The van der Waals surface area contributed by atoms with Crippen LogP contribution in [-0.2, 0) is 4.79 Å². The number of fused-ring (bicyclic) bond motifs is 1. The zero-order chi connectivity index (χ0) is 16.8. The van der Waals surface area contributed by atoms with Gasteiger partial charge in [-0.25, -0.2) is 9.78 Å². The van der Waals surface area contributed by atoms with Gasteiger partial charge in [0.25, 0.3) is 0 Å². The van der Waals surface area contributed by atoms with E-state index in [1.807, 2.05) is 24.3 Å². The van der Waals surface area contributed by atoms with Crippen LogP contribution in [0, 0.1) is 0 Å². The first-order valence-electron chi connectivity index (χ1n) is 8.14. The highest BCUT2D eigenvalue weighted by molar-refractivity contribution is 7.22. The van der Waals surface area contributed by atoms with Crippen LogP contribution in [0.4, 0.5) is 9.93 Å². The van der Waals surface area contributed by atoms with Crippen LogP contribution in [0.3, 0.4) is 0 Å². The number of amides is 3. The Morgan fingerprint density at radius 2 is 2.17 bits per heavy atom. The summed E-state index contributed by atoms with van der Waals surface area (Å²) in [6.45, 7) is 1.71. The third kappa shape index (κ3) is 4.35. The molecule has 8 heteroatoms. The van der Waals surface area contributed by atoms with Crippen molar-refractivity contribution >= 4 is 38.6 Å². The molecule has 0 unspecified atom stereocenters. The molecule has 1 fully saturated rings. The van der Waals surface area contributed by atoms with Crippen molar-refractivity contribution in [2.45, 2.75) is 25.3 Å². The van der Waals surface area contributed by atoms with Gasteiger partial charge in [0.15, 0.2) is 5.13 Å². The first-order chi connectivity index (χ1) is 11.7. The fourth-order valence-corrected chi connectivity index (χ4v) is 3.47. The molecule has 1 aromatic carbocycles. The summed E-state index contributed by atoms with van der Waals surface area (Å²) in [4.78, 5) is 28.1. The number of hydrogen-bond donors (Lipinski definition) is 4. The fourth-order valence-electron chi connectivity index (χ4n) is 2.58. The van der Waals surface area contributed by atoms with Crippen molar-refractivity contribution in [3.05, 3.63) is 24.3 Å². The van der Waals surface area contributed by atoms with Crippen molar-refractivity contribution in [2.75, 3.05) is 25.0 Å². The van der Waals surface area contributed by atoms with Crippen molar-refractivity contribution < 1.29 is 9.59 Å². The molecular formula is C16H21N5O2S. The maximum Gasteiger partial charge on any atom is 0.315 e. The molecule has 1 atom stereocenters. The van der Waals surface area contributed by atoms with Gasteiger partial charge in [-0.2, -0.15) is 0 Å².